The van der Waals surface area contributed by atoms with E-state index < -0.39 is 0 Å². The maximum atomic E-state index is 3.35. The molecule has 2 heteroatoms. The Morgan fingerprint density at radius 2 is 1.75 bits per heavy atom. The van der Waals surface area contributed by atoms with Gasteiger partial charge in [-0.05, 0) is 46.9 Å². The van der Waals surface area contributed by atoms with Crippen molar-refractivity contribution < 1.29 is 0 Å². The van der Waals surface area contributed by atoms with E-state index in [0.29, 0.717) is 0 Å². The van der Waals surface area contributed by atoms with Crippen LogP contribution in [0.25, 0.3) is 0 Å². The van der Waals surface area contributed by atoms with Crippen LogP contribution in [0.1, 0.15) is 26.3 Å². The molecule has 0 amide bonds. The summed E-state index contributed by atoms with van der Waals surface area (Å²) in [5.74, 6) is 0. The van der Waals surface area contributed by atoms with E-state index in [0.717, 1.165) is 13.1 Å². The molecule has 0 aliphatic rings. The second kappa shape index (κ2) is 5.35. The summed E-state index contributed by atoms with van der Waals surface area (Å²) >= 11 is 0. The van der Waals surface area contributed by atoms with Crippen molar-refractivity contribution in [3.8, 4) is 0 Å². The van der Waals surface area contributed by atoms with E-state index in [2.05, 4.69) is 62.2 Å². The van der Waals surface area contributed by atoms with Crippen LogP contribution in [-0.4, -0.2) is 25.7 Å². The Morgan fingerprint density at radius 1 is 1.19 bits per heavy atom. The molecule has 0 aromatic heterocycles. The minimum atomic E-state index is 0.140. The summed E-state index contributed by atoms with van der Waals surface area (Å²) in [6.07, 6.45) is 0. The Hall–Kier alpha value is -1.02. The monoisotopic (exact) mass is 220 g/mol. The third kappa shape index (κ3) is 3.53. The largest absolute Gasteiger partial charge is 0.370 e. The molecule has 1 rings (SSSR count). The van der Waals surface area contributed by atoms with Gasteiger partial charge in [0, 0.05) is 24.3 Å². The molecule has 0 atom stereocenters. The van der Waals surface area contributed by atoms with Gasteiger partial charge in [-0.15, -0.1) is 0 Å². The van der Waals surface area contributed by atoms with Gasteiger partial charge in [0.05, 0.1) is 0 Å². The summed E-state index contributed by atoms with van der Waals surface area (Å²) in [7, 11) is 2.02. The number of nitrogens with one attached hydrogen (secondary N) is 1. The molecule has 2 nitrogen and oxygen atoms in total. The maximum absolute atomic E-state index is 3.35. The van der Waals surface area contributed by atoms with Crippen molar-refractivity contribution in [1.82, 2.24) is 5.32 Å². The molecule has 1 aromatic rings. The van der Waals surface area contributed by atoms with Crippen molar-refractivity contribution >= 4 is 5.69 Å². The third-order valence-electron chi connectivity index (χ3n) is 3.04. The maximum Gasteiger partial charge on any atom is 0.0366 e. The number of nitrogens with zero attached hydrogens (tertiary/aromatic N) is 1. The zero-order chi connectivity index (χ0) is 12.2. The van der Waals surface area contributed by atoms with Gasteiger partial charge in [0.2, 0.25) is 0 Å². The predicted molar refractivity (Wildman–Crippen MR) is 72.2 cm³/mol. The van der Waals surface area contributed by atoms with Crippen LogP contribution in [0.5, 0.6) is 0 Å². The normalized spacial score (nSPS) is 11.6. The van der Waals surface area contributed by atoms with E-state index in [9.17, 15) is 0 Å². The smallest absolute Gasteiger partial charge is 0.0366 e. The first kappa shape index (κ1) is 13.0. The number of anilines is 1. The van der Waals surface area contributed by atoms with Crippen LogP contribution in [0.4, 0.5) is 5.69 Å². The molecule has 0 radical (unpaired) electrons. The molecule has 0 fully saturated rings. The van der Waals surface area contributed by atoms with Crippen LogP contribution < -0.4 is 10.2 Å². The van der Waals surface area contributed by atoms with Crippen LogP contribution >= 0.6 is 0 Å². The van der Waals surface area contributed by atoms with Crippen LogP contribution in [-0.2, 0) is 0 Å². The van der Waals surface area contributed by atoms with Gasteiger partial charge < -0.3 is 10.2 Å². The van der Waals surface area contributed by atoms with Gasteiger partial charge in [0.1, 0.15) is 0 Å². The van der Waals surface area contributed by atoms with Crippen molar-refractivity contribution in [1.29, 1.82) is 0 Å². The van der Waals surface area contributed by atoms with E-state index in [1.807, 2.05) is 7.05 Å². The first-order valence-electron chi connectivity index (χ1n) is 5.99. The number of hydrogen-bond donors (Lipinski definition) is 1. The topological polar surface area (TPSA) is 15.3 Å². The molecule has 1 N–H and O–H groups in total. The highest BCUT2D eigenvalue weighted by Gasteiger charge is 2.18. The average Bonchev–Trinajstić information content (AvgIpc) is 2.27. The summed E-state index contributed by atoms with van der Waals surface area (Å²) in [4.78, 5) is 2.40. The second-order valence-corrected chi connectivity index (χ2v) is 4.98. The zero-order valence-corrected chi connectivity index (χ0v) is 11.2. The van der Waals surface area contributed by atoms with E-state index in [1.54, 1.807) is 0 Å². The van der Waals surface area contributed by atoms with Crippen LogP contribution in [0.15, 0.2) is 24.3 Å². The molecule has 0 aliphatic carbocycles. The van der Waals surface area contributed by atoms with Crippen LogP contribution in [0.3, 0.4) is 0 Å². The lowest BCUT2D eigenvalue weighted by molar-refractivity contribution is 0.422. The van der Waals surface area contributed by atoms with Crippen molar-refractivity contribution in [2.24, 2.45) is 0 Å². The molecule has 0 saturated carbocycles. The Bertz CT molecular complexity index is 314. The molecular formula is C14H24N2. The SMILES string of the molecule is CCN(CC(C)(C)NC)c1ccc(C)cc1. The minimum Gasteiger partial charge on any atom is -0.370 e. The molecule has 0 bridgehead atoms. The second-order valence-electron chi connectivity index (χ2n) is 4.98. The first-order valence-corrected chi connectivity index (χ1v) is 5.99. The van der Waals surface area contributed by atoms with Gasteiger partial charge in [-0.2, -0.15) is 0 Å². The molecule has 1 aromatic carbocycles. The van der Waals surface area contributed by atoms with Gasteiger partial charge in [-0.1, -0.05) is 17.7 Å². The van der Waals surface area contributed by atoms with Gasteiger partial charge in [-0.25, -0.2) is 0 Å². The molecular weight excluding hydrogens is 196 g/mol. The average molecular weight is 220 g/mol. The standard InChI is InChI=1S/C14H24N2/c1-6-16(11-14(3,4)15-5)13-9-7-12(2)8-10-13/h7-10,15H,6,11H2,1-5H3. The summed E-state index contributed by atoms with van der Waals surface area (Å²) in [5, 5.41) is 3.35. The first-order chi connectivity index (χ1) is 7.48. The fourth-order valence-electron chi connectivity index (χ4n) is 1.70. The summed E-state index contributed by atoms with van der Waals surface area (Å²) < 4.78 is 0. The highest BCUT2D eigenvalue weighted by atomic mass is 15.2. The lowest BCUT2D eigenvalue weighted by Crippen LogP contribution is -2.47. The van der Waals surface area contributed by atoms with E-state index >= 15 is 0 Å². The number of rotatable bonds is 5. The van der Waals surface area contributed by atoms with Gasteiger partial charge >= 0.3 is 0 Å². The highest BCUT2D eigenvalue weighted by molar-refractivity contribution is 5.47. The Labute approximate surface area is 99.7 Å². The van der Waals surface area contributed by atoms with E-state index in [1.165, 1.54) is 11.3 Å². The van der Waals surface area contributed by atoms with Crippen molar-refractivity contribution in [2.75, 3.05) is 25.0 Å². The number of aryl methyl sites for hydroxylation is 1. The fraction of sp³-hybridized carbons (Fsp3) is 0.571. The number of hydrogen-bond acceptors (Lipinski definition) is 2. The summed E-state index contributed by atoms with van der Waals surface area (Å²) in [5.41, 5.74) is 2.75. The third-order valence-corrected chi connectivity index (χ3v) is 3.04. The molecule has 0 unspecified atom stereocenters. The molecule has 0 heterocycles. The quantitative estimate of drug-likeness (QED) is 0.821. The summed E-state index contributed by atoms with van der Waals surface area (Å²) in [6.45, 7) is 10.8. The van der Waals surface area contributed by atoms with Crippen molar-refractivity contribution in [3.63, 3.8) is 0 Å². The fourth-order valence-corrected chi connectivity index (χ4v) is 1.70. The Kier molecular flexibility index (Phi) is 4.36. The Morgan fingerprint density at radius 3 is 2.19 bits per heavy atom. The Balaban J connectivity index is 2.78. The van der Waals surface area contributed by atoms with Gasteiger partial charge in [0.25, 0.3) is 0 Å². The molecule has 0 aliphatic heterocycles. The van der Waals surface area contributed by atoms with Crippen molar-refractivity contribution in [3.05, 3.63) is 29.8 Å². The zero-order valence-electron chi connectivity index (χ0n) is 11.2. The predicted octanol–water partition coefficient (Wildman–Crippen LogP) is 2.82. The van der Waals surface area contributed by atoms with Crippen molar-refractivity contribution in [2.45, 2.75) is 33.2 Å². The number of benzene rings is 1. The lowest BCUT2D eigenvalue weighted by Gasteiger charge is -2.33. The molecule has 16 heavy (non-hydrogen) atoms. The van der Waals surface area contributed by atoms with Gasteiger partial charge in [0.15, 0.2) is 0 Å². The van der Waals surface area contributed by atoms with E-state index in [4.69, 9.17) is 0 Å². The van der Waals surface area contributed by atoms with Crippen LogP contribution in [0, 0.1) is 6.92 Å². The minimum absolute atomic E-state index is 0.140. The molecule has 0 spiro atoms. The van der Waals surface area contributed by atoms with E-state index in [-0.39, 0.29) is 5.54 Å². The highest BCUT2D eigenvalue weighted by Crippen LogP contribution is 2.17. The van der Waals surface area contributed by atoms with Gasteiger partial charge in [-0.3, -0.25) is 0 Å². The number of likely N-dealkylation sites (N-methyl/N-ethyl adjacent to an activating group) is 2. The molecule has 0 saturated heterocycles. The summed E-state index contributed by atoms with van der Waals surface area (Å²) in [6, 6.07) is 8.74. The molecule has 90 valence electrons. The van der Waals surface area contributed by atoms with Crippen LogP contribution in [0.2, 0.25) is 0 Å². The lowest BCUT2D eigenvalue weighted by atomic mass is 10.0.